The van der Waals surface area contributed by atoms with Gasteiger partial charge in [0.2, 0.25) is 5.89 Å². The second-order valence-corrected chi connectivity index (χ2v) is 12.8. The lowest BCUT2D eigenvalue weighted by Crippen LogP contribution is -2.10. The van der Waals surface area contributed by atoms with Crippen molar-refractivity contribution in [2.24, 2.45) is 0 Å². The van der Waals surface area contributed by atoms with Crippen LogP contribution in [-0.4, -0.2) is 4.98 Å². The Morgan fingerprint density at radius 1 is 0.392 bits per heavy atom. The first-order chi connectivity index (χ1) is 25.2. The second-order valence-electron chi connectivity index (χ2n) is 12.8. The van der Waals surface area contributed by atoms with Crippen LogP contribution in [-0.2, 0) is 0 Å². The zero-order chi connectivity index (χ0) is 33.7. The Balaban J connectivity index is 1.13. The van der Waals surface area contributed by atoms with Gasteiger partial charge in [-0.25, -0.2) is 4.98 Å². The van der Waals surface area contributed by atoms with E-state index in [0.29, 0.717) is 5.89 Å². The van der Waals surface area contributed by atoms with Gasteiger partial charge in [0.05, 0.1) is 11.1 Å². The maximum Gasteiger partial charge on any atom is 0.227 e. The lowest BCUT2D eigenvalue weighted by Gasteiger charge is -2.26. The Morgan fingerprint density at radius 2 is 1.00 bits per heavy atom. The summed E-state index contributed by atoms with van der Waals surface area (Å²) < 4.78 is 12.8. The molecule has 0 N–H and O–H groups in total. The van der Waals surface area contributed by atoms with E-state index < -0.39 is 0 Å². The summed E-state index contributed by atoms with van der Waals surface area (Å²) in [5.74, 6) is 0.592. The first-order valence-electron chi connectivity index (χ1n) is 17.1. The van der Waals surface area contributed by atoms with Crippen LogP contribution >= 0.6 is 0 Å². The zero-order valence-electron chi connectivity index (χ0n) is 27.5. The highest BCUT2D eigenvalue weighted by atomic mass is 16.4. The van der Waals surface area contributed by atoms with Gasteiger partial charge in [0.1, 0.15) is 16.7 Å². The lowest BCUT2D eigenvalue weighted by atomic mass is 10.0. The Bertz CT molecular complexity index is 2840. The van der Waals surface area contributed by atoms with E-state index in [-0.39, 0.29) is 0 Å². The highest BCUT2D eigenvalue weighted by Crippen LogP contribution is 2.44. The molecule has 4 nitrogen and oxygen atoms in total. The topological polar surface area (TPSA) is 42.4 Å². The summed E-state index contributed by atoms with van der Waals surface area (Å²) in [4.78, 5) is 7.12. The number of aromatic nitrogens is 1. The minimum atomic E-state index is 0.592. The SMILES string of the molecule is c1ccc(-c2ccc(N(c3ccc(-c4ccc5ccccc5c4)cc3)c3cccc4oc5cc6nc(-c7ccccc7)oc6cc5c34)cc2)cc1. The molecule has 10 rings (SSSR count). The molecule has 4 heteroatoms. The second kappa shape index (κ2) is 11.9. The van der Waals surface area contributed by atoms with E-state index in [0.717, 1.165) is 61.2 Å². The number of hydrogen-bond donors (Lipinski definition) is 0. The van der Waals surface area contributed by atoms with Crippen molar-refractivity contribution in [2.75, 3.05) is 4.90 Å². The highest BCUT2D eigenvalue weighted by Gasteiger charge is 2.21. The summed E-state index contributed by atoms with van der Waals surface area (Å²) in [6, 6.07) is 63.5. The van der Waals surface area contributed by atoms with E-state index in [4.69, 9.17) is 13.8 Å². The van der Waals surface area contributed by atoms with Crippen molar-refractivity contribution in [1.29, 1.82) is 0 Å². The van der Waals surface area contributed by atoms with E-state index >= 15 is 0 Å². The summed E-state index contributed by atoms with van der Waals surface area (Å²) in [5.41, 5.74) is 11.8. The first-order valence-corrected chi connectivity index (χ1v) is 17.1. The van der Waals surface area contributed by atoms with Crippen LogP contribution in [0.5, 0.6) is 0 Å². The minimum Gasteiger partial charge on any atom is -0.456 e. The van der Waals surface area contributed by atoms with Crippen molar-refractivity contribution >= 4 is 60.9 Å². The molecule has 240 valence electrons. The van der Waals surface area contributed by atoms with E-state index in [1.54, 1.807) is 0 Å². The van der Waals surface area contributed by atoms with E-state index in [1.807, 2.05) is 48.5 Å². The molecule has 0 unspecified atom stereocenters. The van der Waals surface area contributed by atoms with Crippen molar-refractivity contribution in [3.63, 3.8) is 0 Å². The largest absolute Gasteiger partial charge is 0.456 e. The Labute approximate surface area is 294 Å². The fraction of sp³-hybridized carbons (Fsp3) is 0. The minimum absolute atomic E-state index is 0.592. The van der Waals surface area contributed by atoms with E-state index in [1.165, 1.54) is 27.5 Å². The predicted octanol–water partition coefficient (Wildman–Crippen LogP) is 13.4. The number of furan rings is 1. The van der Waals surface area contributed by atoms with Gasteiger partial charge >= 0.3 is 0 Å². The first kappa shape index (κ1) is 29.0. The summed E-state index contributed by atoms with van der Waals surface area (Å²) in [5, 5.41) is 4.46. The van der Waals surface area contributed by atoms with Crippen LogP contribution in [0.3, 0.4) is 0 Å². The molecule has 51 heavy (non-hydrogen) atoms. The predicted molar refractivity (Wildman–Crippen MR) is 210 cm³/mol. The van der Waals surface area contributed by atoms with Crippen LogP contribution in [0.4, 0.5) is 17.1 Å². The van der Waals surface area contributed by atoms with Gasteiger partial charge in [-0.05, 0) is 93.7 Å². The maximum absolute atomic E-state index is 6.52. The van der Waals surface area contributed by atoms with Crippen LogP contribution in [0, 0.1) is 0 Å². The van der Waals surface area contributed by atoms with Gasteiger partial charge in [0.25, 0.3) is 0 Å². The molecule has 0 atom stereocenters. The number of benzene rings is 8. The van der Waals surface area contributed by atoms with Crippen LogP contribution in [0.1, 0.15) is 0 Å². The molecule has 10 aromatic rings. The number of oxazole rings is 1. The molecule has 0 amide bonds. The average Bonchev–Trinajstić information content (AvgIpc) is 3.79. The van der Waals surface area contributed by atoms with Gasteiger partial charge in [-0.3, -0.25) is 0 Å². The number of fused-ring (bicyclic) bond motifs is 5. The van der Waals surface area contributed by atoms with Crippen LogP contribution in [0.15, 0.2) is 191 Å². The fourth-order valence-electron chi connectivity index (χ4n) is 7.15. The maximum atomic E-state index is 6.52. The third-order valence-electron chi connectivity index (χ3n) is 9.69. The van der Waals surface area contributed by atoms with Gasteiger partial charge in [0.15, 0.2) is 5.58 Å². The number of hydrogen-bond acceptors (Lipinski definition) is 4. The van der Waals surface area contributed by atoms with Crippen molar-refractivity contribution in [1.82, 2.24) is 4.98 Å². The summed E-state index contributed by atoms with van der Waals surface area (Å²) >= 11 is 0. The zero-order valence-corrected chi connectivity index (χ0v) is 27.5. The standard InChI is InChI=1S/C47H30N2O2/c1-3-10-31(11-4-1)33-20-24-38(25-21-33)49(39-26-22-34(23-27-39)37-19-18-32-12-7-8-15-36(32)28-37)42-16-9-17-43-46(42)40-29-45-41(30-44(40)50-43)48-47(51-45)35-13-5-2-6-14-35/h1-30H. The van der Waals surface area contributed by atoms with Gasteiger partial charge < -0.3 is 13.7 Å². The summed E-state index contributed by atoms with van der Waals surface area (Å²) in [7, 11) is 0. The molecule has 0 spiro atoms. The quantitative estimate of drug-likeness (QED) is 0.179. The molecule has 8 aromatic carbocycles. The molecule has 0 radical (unpaired) electrons. The molecule has 0 bridgehead atoms. The molecule has 0 saturated carbocycles. The third kappa shape index (κ3) is 5.13. The van der Waals surface area contributed by atoms with Crippen LogP contribution < -0.4 is 4.90 Å². The Hall–Kier alpha value is -6.91. The lowest BCUT2D eigenvalue weighted by molar-refractivity contribution is 0.620. The molecular formula is C47H30N2O2. The molecule has 0 aliphatic carbocycles. The Kier molecular flexibility index (Phi) is 6.78. The summed E-state index contributed by atoms with van der Waals surface area (Å²) in [6.07, 6.45) is 0. The number of rotatable bonds is 6. The highest BCUT2D eigenvalue weighted by molar-refractivity contribution is 6.15. The Morgan fingerprint density at radius 3 is 1.73 bits per heavy atom. The van der Waals surface area contributed by atoms with Crippen molar-refractivity contribution in [2.45, 2.75) is 0 Å². The molecular weight excluding hydrogens is 625 g/mol. The van der Waals surface area contributed by atoms with E-state index in [9.17, 15) is 0 Å². The molecule has 0 aliphatic heterocycles. The van der Waals surface area contributed by atoms with Crippen molar-refractivity contribution in [3.8, 4) is 33.7 Å². The average molecular weight is 655 g/mol. The normalized spacial score (nSPS) is 11.5. The van der Waals surface area contributed by atoms with Gasteiger partial charge in [-0.2, -0.15) is 0 Å². The smallest absolute Gasteiger partial charge is 0.227 e. The van der Waals surface area contributed by atoms with Gasteiger partial charge in [-0.15, -0.1) is 0 Å². The van der Waals surface area contributed by atoms with Gasteiger partial charge in [-0.1, -0.05) is 115 Å². The van der Waals surface area contributed by atoms with E-state index in [2.05, 4.69) is 138 Å². The molecule has 0 saturated heterocycles. The monoisotopic (exact) mass is 654 g/mol. The molecule has 0 aliphatic rings. The van der Waals surface area contributed by atoms with Crippen molar-refractivity contribution < 1.29 is 8.83 Å². The molecule has 0 fully saturated rings. The summed E-state index contributed by atoms with van der Waals surface area (Å²) in [6.45, 7) is 0. The van der Waals surface area contributed by atoms with Crippen LogP contribution in [0.25, 0.3) is 77.5 Å². The molecule has 2 heterocycles. The van der Waals surface area contributed by atoms with Gasteiger partial charge in [0, 0.05) is 28.4 Å². The van der Waals surface area contributed by atoms with Crippen molar-refractivity contribution in [3.05, 3.63) is 182 Å². The third-order valence-corrected chi connectivity index (χ3v) is 9.69. The number of nitrogens with zero attached hydrogens (tertiary/aromatic N) is 2. The fourth-order valence-corrected chi connectivity index (χ4v) is 7.15. The number of anilines is 3. The van der Waals surface area contributed by atoms with Crippen LogP contribution in [0.2, 0.25) is 0 Å². The molecule has 2 aromatic heterocycles.